The molecule has 1 heterocycles. The van der Waals surface area contributed by atoms with Gasteiger partial charge in [0.15, 0.2) is 0 Å². The molecule has 0 aliphatic carbocycles. The average molecular weight is 203 g/mol. The van der Waals surface area contributed by atoms with Gasteiger partial charge in [0, 0.05) is 10.9 Å². The molecule has 4 N–H and O–H groups in total. The molecular weight excluding hydrogens is 190 g/mol. The Kier molecular flexibility index (Phi) is 2.21. The number of nitrogens with two attached hydrogens (primary N) is 1. The van der Waals surface area contributed by atoms with Crippen LogP contribution in [0.2, 0.25) is 0 Å². The predicted octanol–water partition coefficient (Wildman–Crippen LogP) is 1.39. The summed E-state index contributed by atoms with van der Waals surface area (Å²) < 4.78 is 0. The van der Waals surface area contributed by atoms with Gasteiger partial charge in [0.25, 0.3) is 5.91 Å². The van der Waals surface area contributed by atoms with Crippen molar-refractivity contribution in [3.05, 3.63) is 35.0 Å². The molecule has 0 spiro atoms. The highest BCUT2D eigenvalue weighted by molar-refractivity contribution is 6.00. The fourth-order valence-corrected chi connectivity index (χ4v) is 1.74. The largest absolute Gasteiger partial charge is 0.350 e. The third-order valence-electron chi connectivity index (χ3n) is 2.57. The van der Waals surface area contributed by atoms with E-state index in [9.17, 15) is 4.79 Å². The smallest absolute Gasteiger partial charge is 0.281 e. The molecular formula is C11H13N3O. The molecule has 0 aliphatic rings. The van der Waals surface area contributed by atoms with Crippen LogP contribution in [0.3, 0.4) is 0 Å². The van der Waals surface area contributed by atoms with Gasteiger partial charge in [-0.3, -0.25) is 10.2 Å². The number of aryl methyl sites for hydroxylation is 2. The van der Waals surface area contributed by atoms with Crippen LogP contribution in [0.1, 0.15) is 21.6 Å². The van der Waals surface area contributed by atoms with Gasteiger partial charge in [-0.05, 0) is 31.5 Å². The summed E-state index contributed by atoms with van der Waals surface area (Å²) in [7, 11) is 0. The van der Waals surface area contributed by atoms with Gasteiger partial charge >= 0.3 is 0 Å². The van der Waals surface area contributed by atoms with E-state index < -0.39 is 0 Å². The zero-order chi connectivity index (χ0) is 11.0. The molecule has 0 saturated carbocycles. The third-order valence-corrected chi connectivity index (χ3v) is 2.57. The number of hydrogen-bond donors (Lipinski definition) is 3. The van der Waals surface area contributed by atoms with E-state index >= 15 is 0 Å². The minimum absolute atomic E-state index is 0.290. The number of aromatic nitrogens is 1. The van der Waals surface area contributed by atoms with Gasteiger partial charge in [0.1, 0.15) is 5.69 Å². The highest BCUT2D eigenvalue weighted by Crippen LogP contribution is 2.22. The first kappa shape index (κ1) is 9.73. The van der Waals surface area contributed by atoms with Crippen molar-refractivity contribution in [2.45, 2.75) is 13.8 Å². The molecule has 0 atom stereocenters. The molecule has 2 aromatic rings. The van der Waals surface area contributed by atoms with Crippen molar-refractivity contribution in [3.63, 3.8) is 0 Å². The second-order valence-electron chi connectivity index (χ2n) is 3.65. The lowest BCUT2D eigenvalue weighted by Crippen LogP contribution is -2.30. The number of rotatable bonds is 1. The molecule has 0 unspecified atom stereocenters. The summed E-state index contributed by atoms with van der Waals surface area (Å²) in [6.07, 6.45) is 0. The summed E-state index contributed by atoms with van der Waals surface area (Å²) in [5, 5.41) is 1.06. The van der Waals surface area contributed by atoms with Crippen LogP contribution in [0.5, 0.6) is 0 Å². The molecule has 1 aromatic carbocycles. The van der Waals surface area contributed by atoms with Crippen LogP contribution in [-0.4, -0.2) is 10.9 Å². The van der Waals surface area contributed by atoms with E-state index in [1.807, 2.05) is 26.0 Å². The Balaban J connectivity index is 2.69. The van der Waals surface area contributed by atoms with Gasteiger partial charge in [-0.25, -0.2) is 5.84 Å². The lowest BCUT2D eigenvalue weighted by atomic mass is 10.1. The number of nitrogen functional groups attached to an aromatic ring is 1. The molecule has 15 heavy (non-hydrogen) atoms. The maximum absolute atomic E-state index is 11.4. The second kappa shape index (κ2) is 3.40. The van der Waals surface area contributed by atoms with Crippen molar-refractivity contribution in [1.82, 2.24) is 10.4 Å². The standard InChI is InChI=1S/C11H13N3O/c1-6-3-4-9-8(5-6)7(2)10(13-9)11(15)14-12/h3-5,13H,12H2,1-2H3,(H,14,15). The van der Waals surface area contributed by atoms with E-state index in [4.69, 9.17) is 5.84 Å². The maximum Gasteiger partial charge on any atom is 0.281 e. The van der Waals surface area contributed by atoms with Crippen molar-refractivity contribution in [1.29, 1.82) is 0 Å². The molecule has 0 bridgehead atoms. The normalized spacial score (nSPS) is 10.6. The van der Waals surface area contributed by atoms with E-state index in [0.717, 1.165) is 16.5 Å². The van der Waals surface area contributed by atoms with Crippen molar-refractivity contribution >= 4 is 16.8 Å². The fraction of sp³-hybridized carbons (Fsp3) is 0.182. The first-order valence-electron chi connectivity index (χ1n) is 4.73. The Hall–Kier alpha value is -1.81. The Labute approximate surface area is 87.4 Å². The van der Waals surface area contributed by atoms with E-state index in [-0.39, 0.29) is 5.91 Å². The number of carbonyl (C=O) groups is 1. The Bertz CT molecular complexity index is 528. The average Bonchev–Trinajstić information content (AvgIpc) is 2.55. The van der Waals surface area contributed by atoms with Gasteiger partial charge in [0.05, 0.1) is 0 Å². The van der Waals surface area contributed by atoms with Gasteiger partial charge < -0.3 is 4.98 Å². The monoisotopic (exact) mass is 203 g/mol. The molecule has 0 fully saturated rings. The van der Waals surface area contributed by atoms with Crippen LogP contribution in [0, 0.1) is 13.8 Å². The summed E-state index contributed by atoms with van der Waals surface area (Å²) in [6, 6.07) is 6.02. The number of carbonyl (C=O) groups excluding carboxylic acids is 1. The fourth-order valence-electron chi connectivity index (χ4n) is 1.74. The highest BCUT2D eigenvalue weighted by atomic mass is 16.2. The van der Waals surface area contributed by atoms with E-state index in [1.165, 1.54) is 5.56 Å². The van der Waals surface area contributed by atoms with E-state index in [1.54, 1.807) is 0 Å². The van der Waals surface area contributed by atoms with Crippen molar-refractivity contribution in [2.24, 2.45) is 5.84 Å². The molecule has 78 valence electrons. The Morgan fingerprint density at radius 2 is 2.13 bits per heavy atom. The molecule has 2 rings (SSSR count). The van der Waals surface area contributed by atoms with Crippen LogP contribution in [-0.2, 0) is 0 Å². The topological polar surface area (TPSA) is 70.9 Å². The summed E-state index contributed by atoms with van der Waals surface area (Å²) in [6.45, 7) is 3.93. The van der Waals surface area contributed by atoms with Crippen LogP contribution in [0.15, 0.2) is 18.2 Å². The molecule has 0 aliphatic heterocycles. The SMILES string of the molecule is Cc1ccc2[nH]c(C(=O)NN)c(C)c2c1. The summed E-state index contributed by atoms with van der Waals surface area (Å²) in [5.74, 6) is 4.81. The van der Waals surface area contributed by atoms with Gasteiger partial charge in [-0.15, -0.1) is 0 Å². The lowest BCUT2D eigenvalue weighted by molar-refractivity contribution is 0.0949. The van der Waals surface area contributed by atoms with Crippen molar-refractivity contribution in [2.75, 3.05) is 0 Å². The van der Waals surface area contributed by atoms with E-state index in [0.29, 0.717) is 5.69 Å². The number of hydrogen-bond acceptors (Lipinski definition) is 2. The van der Waals surface area contributed by atoms with E-state index in [2.05, 4.69) is 16.5 Å². The number of aromatic amines is 1. The number of fused-ring (bicyclic) bond motifs is 1. The Morgan fingerprint density at radius 1 is 1.40 bits per heavy atom. The molecule has 4 nitrogen and oxygen atoms in total. The minimum Gasteiger partial charge on any atom is -0.350 e. The first-order chi connectivity index (χ1) is 7.13. The first-order valence-corrected chi connectivity index (χ1v) is 4.73. The summed E-state index contributed by atoms with van der Waals surface area (Å²) in [5.41, 5.74) is 5.71. The highest BCUT2D eigenvalue weighted by Gasteiger charge is 2.13. The number of H-pyrrole nitrogens is 1. The zero-order valence-electron chi connectivity index (χ0n) is 8.72. The van der Waals surface area contributed by atoms with Crippen LogP contribution >= 0.6 is 0 Å². The third kappa shape index (κ3) is 1.49. The molecule has 1 amide bonds. The number of hydrazine groups is 1. The molecule has 0 saturated heterocycles. The maximum atomic E-state index is 11.4. The summed E-state index contributed by atoms with van der Waals surface area (Å²) >= 11 is 0. The number of benzene rings is 1. The number of nitrogens with one attached hydrogen (secondary N) is 2. The van der Waals surface area contributed by atoms with Crippen LogP contribution in [0.4, 0.5) is 0 Å². The van der Waals surface area contributed by atoms with Crippen LogP contribution < -0.4 is 11.3 Å². The van der Waals surface area contributed by atoms with Crippen molar-refractivity contribution < 1.29 is 4.79 Å². The molecule has 1 aromatic heterocycles. The van der Waals surface area contributed by atoms with Gasteiger partial charge in [-0.2, -0.15) is 0 Å². The second-order valence-corrected chi connectivity index (χ2v) is 3.65. The summed E-state index contributed by atoms with van der Waals surface area (Å²) in [4.78, 5) is 14.5. The molecule has 4 heteroatoms. The quantitative estimate of drug-likeness (QED) is 0.372. The lowest BCUT2D eigenvalue weighted by Gasteiger charge is -1.96. The van der Waals surface area contributed by atoms with Gasteiger partial charge in [0.2, 0.25) is 0 Å². The minimum atomic E-state index is -0.290. The Morgan fingerprint density at radius 3 is 2.80 bits per heavy atom. The predicted molar refractivity (Wildman–Crippen MR) is 59.4 cm³/mol. The van der Waals surface area contributed by atoms with Gasteiger partial charge in [-0.1, -0.05) is 11.6 Å². The van der Waals surface area contributed by atoms with Crippen LogP contribution in [0.25, 0.3) is 10.9 Å². The van der Waals surface area contributed by atoms with Crippen molar-refractivity contribution in [3.8, 4) is 0 Å². The molecule has 0 radical (unpaired) electrons. The number of amides is 1. The zero-order valence-corrected chi connectivity index (χ0v) is 8.72.